The van der Waals surface area contributed by atoms with Crippen LogP contribution in [-0.2, 0) is 5.41 Å². The molecule has 0 aromatic heterocycles. The largest absolute Gasteiger partial charge is 0.493 e. The van der Waals surface area contributed by atoms with Gasteiger partial charge in [0.1, 0.15) is 5.82 Å². The Labute approximate surface area is 121 Å². The molecular formula is C14H19BrFNO2. The zero-order chi connectivity index (χ0) is 14.0. The second-order valence-electron chi connectivity index (χ2n) is 4.97. The molecule has 1 aliphatic rings. The van der Waals surface area contributed by atoms with Crippen LogP contribution in [0.4, 0.5) is 4.39 Å². The minimum Gasteiger partial charge on any atom is -0.493 e. The highest BCUT2D eigenvalue weighted by Crippen LogP contribution is 2.49. The molecule has 0 bridgehead atoms. The van der Waals surface area contributed by atoms with E-state index in [1.54, 1.807) is 7.11 Å². The number of nitrogens with two attached hydrogens (primary N) is 1. The lowest BCUT2D eigenvalue weighted by Crippen LogP contribution is -2.33. The molecule has 0 amide bonds. The number of benzene rings is 1. The summed E-state index contributed by atoms with van der Waals surface area (Å²) in [6.45, 7) is 0.442. The van der Waals surface area contributed by atoms with E-state index in [0.717, 1.165) is 25.7 Å². The molecule has 3 nitrogen and oxygen atoms in total. The lowest BCUT2D eigenvalue weighted by molar-refractivity contribution is 0.343. The number of methoxy groups -OCH3 is 2. The van der Waals surface area contributed by atoms with Gasteiger partial charge in [-0.15, -0.1) is 0 Å². The van der Waals surface area contributed by atoms with Gasteiger partial charge in [-0.3, -0.25) is 0 Å². The minimum absolute atomic E-state index is 0.281. The minimum atomic E-state index is -0.289. The van der Waals surface area contributed by atoms with Crippen LogP contribution in [0.5, 0.6) is 11.5 Å². The van der Waals surface area contributed by atoms with Crippen molar-refractivity contribution in [2.75, 3.05) is 20.8 Å². The van der Waals surface area contributed by atoms with Gasteiger partial charge < -0.3 is 15.2 Å². The monoisotopic (exact) mass is 331 g/mol. The standard InChI is InChI=1S/C14H19BrFNO2/c1-18-10-7-9(16)11(12(15)13(10)19-2)14(8-17)5-3-4-6-14/h7H,3-6,8,17H2,1-2H3. The maximum absolute atomic E-state index is 14.5. The number of rotatable bonds is 4. The van der Waals surface area contributed by atoms with Gasteiger partial charge in [-0.25, -0.2) is 4.39 Å². The summed E-state index contributed by atoms with van der Waals surface area (Å²) in [5, 5.41) is 0. The Morgan fingerprint density at radius 2 is 1.95 bits per heavy atom. The lowest BCUT2D eigenvalue weighted by atomic mass is 9.78. The van der Waals surface area contributed by atoms with E-state index in [9.17, 15) is 4.39 Å². The fourth-order valence-corrected chi connectivity index (χ4v) is 3.98. The molecule has 0 radical (unpaired) electrons. The van der Waals surface area contributed by atoms with Crippen LogP contribution >= 0.6 is 15.9 Å². The zero-order valence-corrected chi connectivity index (χ0v) is 12.8. The van der Waals surface area contributed by atoms with Crippen molar-refractivity contribution in [3.05, 3.63) is 21.9 Å². The fraction of sp³-hybridized carbons (Fsp3) is 0.571. The van der Waals surface area contributed by atoms with E-state index in [1.165, 1.54) is 13.2 Å². The SMILES string of the molecule is COc1cc(F)c(C2(CN)CCCC2)c(Br)c1OC. The van der Waals surface area contributed by atoms with Crippen LogP contribution in [0, 0.1) is 5.82 Å². The molecule has 0 unspecified atom stereocenters. The Kier molecular flexibility index (Phi) is 4.36. The van der Waals surface area contributed by atoms with E-state index in [-0.39, 0.29) is 11.2 Å². The third-order valence-corrected chi connectivity index (χ3v) is 4.80. The van der Waals surface area contributed by atoms with Crippen molar-refractivity contribution in [2.45, 2.75) is 31.1 Å². The maximum atomic E-state index is 14.5. The molecule has 0 heterocycles. The van der Waals surface area contributed by atoms with Crippen LogP contribution in [0.15, 0.2) is 10.5 Å². The normalized spacial score (nSPS) is 17.5. The number of hydrogen-bond donors (Lipinski definition) is 1. The van der Waals surface area contributed by atoms with Crippen molar-refractivity contribution in [3.63, 3.8) is 0 Å². The smallest absolute Gasteiger partial charge is 0.175 e. The van der Waals surface area contributed by atoms with Crippen molar-refractivity contribution >= 4 is 15.9 Å². The van der Waals surface area contributed by atoms with E-state index in [1.807, 2.05) is 0 Å². The fourth-order valence-electron chi connectivity index (χ4n) is 3.02. The Morgan fingerprint density at radius 1 is 1.32 bits per heavy atom. The number of ether oxygens (including phenoxy) is 2. The third-order valence-electron chi connectivity index (χ3n) is 4.05. The Bertz CT molecular complexity index is 473. The molecule has 106 valence electrons. The summed E-state index contributed by atoms with van der Waals surface area (Å²) < 4.78 is 25.6. The van der Waals surface area contributed by atoms with Gasteiger partial charge in [-0.2, -0.15) is 0 Å². The Morgan fingerprint density at radius 3 is 2.42 bits per heavy atom. The number of hydrogen-bond acceptors (Lipinski definition) is 3. The Balaban J connectivity index is 2.63. The first-order valence-electron chi connectivity index (χ1n) is 6.40. The quantitative estimate of drug-likeness (QED) is 0.919. The summed E-state index contributed by atoms with van der Waals surface area (Å²) in [4.78, 5) is 0. The highest BCUT2D eigenvalue weighted by Gasteiger charge is 2.39. The second kappa shape index (κ2) is 5.67. The Hall–Kier alpha value is -0.810. The topological polar surface area (TPSA) is 44.5 Å². The van der Waals surface area contributed by atoms with E-state index in [0.29, 0.717) is 28.1 Å². The van der Waals surface area contributed by atoms with E-state index < -0.39 is 0 Å². The van der Waals surface area contributed by atoms with Gasteiger partial charge in [0.2, 0.25) is 0 Å². The number of halogens is 2. The van der Waals surface area contributed by atoms with Crippen LogP contribution < -0.4 is 15.2 Å². The van der Waals surface area contributed by atoms with Gasteiger partial charge in [0.05, 0.1) is 18.7 Å². The third kappa shape index (κ3) is 2.34. The summed E-state index contributed by atoms with van der Waals surface area (Å²) in [5.74, 6) is 0.635. The molecule has 0 aliphatic heterocycles. The molecule has 1 saturated carbocycles. The molecule has 1 aromatic carbocycles. The second-order valence-corrected chi connectivity index (χ2v) is 5.77. The van der Waals surface area contributed by atoms with Crippen molar-refractivity contribution in [2.24, 2.45) is 5.73 Å². The van der Waals surface area contributed by atoms with Gasteiger partial charge in [0.25, 0.3) is 0 Å². The summed E-state index contributed by atoms with van der Waals surface area (Å²) in [6.07, 6.45) is 3.98. The molecule has 5 heteroatoms. The van der Waals surface area contributed by atoms with Gasteiger partial charge >= 0.3 is 0 Å². The summed E-state index contributed by atoms with van der Waals surface area (Å²) in [7, 11) is 3.05. The van der Waals surface area contributed by atoms with Gasteiger partial charge in [0, 0.05) is 23.6 Å². The van der Waals surface area contributed by atoms with E-state index in [4.69, 9.17) is 15.2 Å². The molecule has 1 aromatic rings. The van der Waals surface area contributed by atoms with Crippen molar-refractivity contribution in [1.82, 2.24) is 0 Å². The summed E-state index contributed by atoms with van der Waals surface area (Å²) >= 11 is 3.47. The molecule has 0 atom stereocenters. The molecule has 1 fully saturated rings. The average Bonchev–Trinajstić information content (AvgIpc) is 2.88. The predicted octanol–water partition coefficient (Wildman–Crippen LogP) is 3.38. The first kappa shape index (κ1) is 14.6. The predicted molar refractivity (Wildman–Crippen MR) is 76.4 cm³/mol. The van der Waals surface area contributed by atoms with E-state index >= 15 is 0 Å². The van der Waals surface area contributed by atoms with Crippen LogP contribution in [0.1, 0.15) is 31.2 Å². The van der Waals surface area contributed by atoms with Crippen LogP contribution in [0.2, 0.25) is 0 Å². The molecule has 0 spiro atoms. The van der Waals surface area contributed by atoms with Crippen molar-refractivity contribution < 1.29 is 13.9 Å². The van der Waals surface area contributed by atoms with Gasteiger partial charge in [-0.05, 0) is 28.8 Å². The summed E-state index contributed by atoms with van der Waals surface area (Å²) in [5.41, 5.74) is 6.28. The van der Waals surface area contributed by atoms with Crippen LogP contribution in [-0.4, -0.2) is 20.8 Å². The van der Waals surface area contributed by atoms with Gasteiger partial charge in [0.15, 0.2) is 11.5 Å². The molecule has 19 heavy (non-hydrogen) atoms. The first-order valence-corrected chi connectivity index (χ1v) is 7.19. The van der Waals surface area contributed by atoms with Gasteiger partial charge in [-0.1, -0.05) is 12.8 Å². The molecule has 1 aliphatic carbocycles. The molecular weight excluding hydrogens is 313 g/mol. The van der Waals surface area contributed by atoms with Crippen molar-refractivity contribution in [3.8, 4) is 11.5 Å². The summed E-state index contributed by atoms with van der Waals surface area (Å²) in [6, 6.07) is 1.38. The highest BCUT2D eigenvalue weighted by atomic mass is 79.9. The zero-order valence-electron chi connectivity index (χ0n) is 11.3. The lowest BCUT2D eigenvalue weighted by Gasteiger charge is -2.30. The molecule has 2 rings (SSSR count). The highest BCUT2D eigenvalue weighted by molar-refractivity contribution is 9.10. The first-order chi connectivity index (χ1) is 9.09. The average molecular weight is 332 g/mol. The van der Waals surface area contributed by atoms with Crippen LogP contribution in [0.3, 0.4) is 0 Å². The maximum Gasteiger partial charge on any atom is 0.175 e. The van der Waals surface area contributed by atoms with Crippen molar-refractivity contribution in [1.29, 1.82) is 0 Å². The van der Waals surface area contributed by atoms with Crippen LogP contribution in [0.25, 0.3) is 0 Å². The molecule has 0 saturated heterocycles. The van der Waals surface area contributed by atoms with E-state index in [2.05, 4.69) is 15.9 Å². The molecule has 2 N–H and O–H groups in total.